The maximum atomic E-state index is 12.2. The molecule has 1 amide bonds. The van der Waals surface area contributed by atoms with E-state index >= 15 is 0 Å². The number of aromatic nitrogens is 3. The number of anilines is 1. The number of hydrogen-bond donors (Lipinski definition) is 1. The summed E-state index contributed by atoms with van der Waals surface area (Å²) in [4.78, 5) is 27.3. The predicted octanol–water partition coefficient (Wildman–Crippen LogP) is 1.35. The van der Waals surface area contributed by atoms with Gasteiger partial charge in [-0.15, -0.1) is 0 Å². The summed E-state index contributed by atoms with van der Waals surface area (Å²) in [7, 11) is 3.14. The van der Waals surface area contributed by atoms with E-state index in [2.05, 4.69) is 25.2 Å². The van der Waals surface area contributed by atoms with Crippen molar-refractivity contribution < 1.29 is 14.3 Å². The fourth-order valence-corrected chi connectivity index (χ4v) is 2.78. The topological polar surface area (TPSA) is 89.5 Å². The van der Waals surface area contributed by atoms with Gasteiger partial charge in [-0.1, -0.05) is 12.1 Å². The molecule has 0 bridgehead atoms. The summed E-state index contributed by atoms with van der Waals surface area (Å²) >= 11 is 0. The summed E-state index contributed by atoms with van der Waals surface area (Å²) in [5.41, 5.74) is 0.911. The van der Waals surface area contributed by atoms with E-state index in [1.165, 1.54) is 7.11 Å². The SMILES string of the molecule is COc1ccc(CC(=O)NCc2nc(OC)nc(N3CCCC3)n2)cc1. The molecule has 1 saturated heterocycles. The molecule has 8 nitrogen and oxygen atoms in total. The molecule has 1 N–H and O–H groups in total. The third-order valence-electron chi connectivity index (χ3n) is 4.19. The lowest BCUT2D eigenvalue weighted by Crippen LogP contribution is -2.27. The van der Waals surface area contributed by atoms with E-state index in [-0.39, 0.29) is 24.9 Å². The molecule has 0 radical (unpaired) electrons. The first-order chi connectivity index (χ1) is 12.7. The Morgan fingerprint density at radius 3 is 2.46 bits per heavy atom. The van der Waals surface area contributed by atoms with Crippen LogP contribution in [0.2, 0.25) is 0 Å². The molecule has 0 aliphatic carbocycles. The Hall–Kier alpha value is -2.90. The second kappa shape index (κ2) is 8.46. The maximum absolute atomic E-state index is 12.2. The minimum atomic E-state index is -0.0998. The van der Waals surface area contributed by atoms with Crippen LogP contribution in [-0.2, 0) is 17.8 Å². The van der Waals surface area contributed by atoms with Crippen molar-refractivity contribution in [1.29, 1.82) is 0 Å². The predicted molar refractivity (Wildman–Crippen MR) is 96.4 cm³/mol. The molecule has 0 spiro atoms. The highest BCUT2D eigenvalue weighted by atomic mass is 16.5. The zero-order valence-corrected chi connectivity index (χ0v) is 15.1. The van der Waals surface area contributed by atoms with Gasteiger partial charge in [-0.2, -0.15) is 15.0 Å². The lowest BCUT2D eigenvalue weighted by atomic mass is 10.1. The van der Waals surface area contributed by atoms with E-state index in [9.17, 15) is 4.79 Å². The molecule has 0 unspecified atom stereocenters. The lowest BCUT2D eigenvalue weighted by molar-refractivity contribution is -0.120. The van der Waals surface area contributed by atoms with Gasteiger partial charge >= 0.3 is 6.01 Å². The standard InChI is InChI=1S/C18H23N5O3/c1-25-14-7-5-13(6-8-14)11-16(24)19-12-15-20-17(22-18(21-15)26-2)23-9-3-4-10-23/h5-8H,3-4,9-12H2,1-2H3,(H,19,24). The Morgan fingerprint density at radius 2 is 1.81 bits per heavy atom. The summed E-state index contributed by atoms with van der Waals surface area (Å²) in [6, 6.07) is 7.68. The number of methoxy groups -OCH3 is 2. The molecule has 2 aromatic rings. The zero-order chi connectivity index (χ0) is 18.4. The van der Waals surface area contributed by atoms with Gasteiger partial charge in [-0.25, -0.2) is 0 Å². The Morgan fingerprint density at radius 1 is 1.08 bits per heavy atom. The van der Waals surface area contributed by atoms with Crippen molar-refractivity contribution in [2.45, 2.75) is 25.8 Å². The zero-order valence-electron chi connectivity index (χ0n) is 15.1. The lowest BCUT2D eigenvalue weighted by Gasteiger charge is -2.16. The van der Waals surface area contributed by atoms with Gasteiger partial charge in [-0.3, -0.25) is 4.79 Å². The molecule has 3 rings (SSSR count). The Kier molecular flexibility index (Phi) is 5.83. The molecule has 1 aromatic heterocycles. The van der Waals surface area contributed by atoms with Gasteiger partial charge in [0, 0.05) is 13.1 Å². The molecular formula is C18H23N5O3. The fourth-order valence-electron chi connectivity index (χ4n) is 2.78. The normalized spacial score (nSPS) is 13.5. The second-order valence-corrected chi connectivity index (χ2v) is 6.03. The van der Waals surface area contributed by atoms with Crippen molar-refractivity contribution in [3.63, 3.8) is 0 Å². The summed E-state index contributed by atoms with van der Waals surface area (Å²) in [5, 5.41) is 2.85. The van der Waals surface area contributed by atoms with E-state index in [1.54, 1.807) is 7.11 Å². The van der Waals surface area contributed by atoms with E-state index in [4.69, 9.17) is 9.47 Å². The van der Waals surface area contributed by atoms with Gasteiger partial charge in [0.25, 0.3) is 0 Å². The summed E-state index contributed by atoms with van der Waals surface area (Å²) in [6.45, 7) is 2.08. The van der Waals surface area contributed by atoms with Crippen molar-refractivity contribution in [2.75, 3.05) is 32.2 Å². The third-order valence-corrected chi connectivity index (χ3v) is 4.19. The fraction of sp³-hybridized carbons (Fsp3) is 0.444. The maximum Gasteiger partial charge on any atom is 0.321 e. The molecule has 138 valence electrons. The van der Waals surface area contributed by atoms with E-state index < -0.39 is 0 Å². The number of carbonyl (C=O) groups excluding carboxylic acids is 1. The van der Waals surface area contributed by atoms with Gasteiger partial charge < -0.3 is 19.7 Å². The molecule has 0 saturated carbocycles. The Labute approximate surface area is 152 Å². The highest BCUT2D eigenvalue weighted by molar-refractivity contribution is 5.78. The molecule has 1 fully saturated rings. The smallest absolute Gasteiger partial charge is 0.321 e. The molecule has 1 aliphatic rings. The number of amides is 1. The highest BCUT2D eigenvalue weighted by Gasteiger charge is 2.18. The second-order valence-electron chi connectivity index (χ2n) is 6.03. The summed E-state index contributed by atoms with van der Waals surface area (Å²) < 4.78 is 10.3. The third kappa shape index (κ3) is 4.59. The molecule has 2 heterocycles. The first kappa shape index (κ1) is 17.9. The number of hydrogen-bond acceptors (Lipinski definition) is 7. The number of carbonyl (C=O) groups is 1. The van der Waals surface area contributed by atoms with Crippen molar-refractivity contribution in [3.05, 3.63) is 35.7 Å². The minimum Gasteiger partial charge on any atom is -0.497 e. The van der Waals surface area contributed by atoms with Gasteiger partial charge in [0.05, 0.1) is 27.2 Å². The van der Waals surface area contributed by atoms with E-state index in [0.29, 0.717) is 11.8 Å². The largest absolute Gasteiger partial charge is 0.497 e. The molecular weight excluding hydrogens is 334 g/mol. The van der Waals surface area contributed by atoms with Crippen LogP contribution in [0, 0.1) is 0 Å². The van der Waals surface area contributed by atoms with Crippen LogP contribution in [0.15, 0.2) is 24.3 Å². The molecule has 1 aliphatic heterocycles. The van der Waals surface area contributed by atoms with Crippen LogP contribution in [0.5, 0.6) is 11.8 Å². The van der Waals surface area contributed by atoms with Crippen molar-refractivity contribution >= 4 is 11.9 Å². The average molecular weight is 357 g/mol. The van der Waals surface area contributed by atoms with Crippen LogP contribution < -0.4 is 19.7 Å². The number of benzene rings is 1. The Bertz CT molecular complexity index is 745. The minimum absolute atomic E-state index is 0.0998. The van der Waals surface area contributed by atoms with Gasteiger partial charge in [0.2, 0.25) is 11.9 Å². The highest BCUT2D eigenvalue weighted by Crippen LogP contribution is 2.17. The van der Waals surface area contributed by atoms with Crippen LogP contribution in [0.4, 0.5) is 5.95 Å². The van der Waals surface area contributed by atoms with E-state index in [1.807, 2.05) is 24.3 Å². The summed E-state index contributed by atoms with van der Waals surface area (Å²) in [6.07, 6.45) is 2.54. The average Bonchev–Trinajstić information content (AvgIpc) is 3.21. The monoisotopic (exact) mass is 357 g/mol. The number of ether oxygens (including phenoxy) is 2. The van der Waals surface area contributed by atoms with Gasteiger partial charge in [0.15, 0.2) is 5.82 Å². The van der Waals surface area contributed by atoms with Crippen molar-refractivity contribution in [1.82, 2.24) is 20.3 Å². The van der Waals surface area contributed by atoms with Crippen LogP contribution >= 0.6 is 0 Å². The van der Waals surface area contributed by atoms with E-state index in [0.717, 1.165) is 37.2 Å². The molecule has 1 aromatic carbocycles. The van der Waals surface area contributed by atoms with Crippen LogP contribution in [-0.4, -0.2) is 48.2 Å². The Balaban J connectivity index is 1.60. The van der Waals surface area contributed by atoms with Gasteiger partial charge in [-0.05, 0) is 30.5 Å². The molecule has 0 atom stereocenters. The quantitative estimate of drug-likeness (QED) is 0.800. The first-order valence-corrected chi connectivity index (χ1v) is 8.61. The van der Waals surface area contributed by atoms with Gasteiger partial charge in [0.1, 0.15) is 5.75 Å². The van der Waals surface area contributed by atoms with Crippen molar-refractivity contribution in [3.8, 4) is 11.8 Å². The van der Waals surface area contributed by atoms with Crippen molar-refractivity contribution in [2.24, 2.45) is 0 Å². The van der Waals surface area contributed by atoms with Crippen LogP contribution in [0.1, 0.15) is 24.2 Å². The number of nitrogens with zero attached hydrogens (tertiary/aromatic N) is 4. The summed E-state index contributed by atoms with van der Waals surface area (Å²) in [5.74, 6) is 1.76. The first-order valence-electron chi connectivity index (χ1n) is 8.61. The molecule has 26 heavy (non-hydrogen) atoms. The van der Waals surface area contributed by atoms with Crippen LogP contribution in [0.3, 0.4) is 0 Å². The number of nitrogens with one attached hydrogen (secondary N) is 1. The molecule has 8 heteroatoms. The number of rotatable bonds is 7. The van der Waals surface area contributed by atoms with Crippen LogP contribution in [0.25, 0.3) is 0 Å².